The molecule has 0 radical (unpaired) electrons. The van der Waals surface area contributed by atoms with Crippen LogP contribution in [0.4, 0.5) is 5.69 Å². The molecule has 7 heteroatoms. The van der Waals surface area contributed by atoms with E-state index >= 15 is 0 Å². The van der Waals surface area contributed by atoms with Crippen molar-refractivity contribution in [3.8, 4) is 0 Å². The predicted molar refractivity (Wildman–Crippen MR) is 75.2 cm³/mol. The third-order valence-electron chi connectivity index (χ3n) is 2.05. The van der Waals surface area contributed by atoms with Gasteiger partial charge in [0, 0.05) is 5.69 Å². The van der Waals surface area contributed by atoms with Gasteiger partial charge < -0.3 is 11.1 Å². The Morgan fingerprint density at radius 3 is 2.33 bits per heavy atom. The Morgan fingerprint density at radius 2 is 1.83 bits per heavy atom. The first-order valence-corrected chi connectivity index (χ1v) is 7.37. The molecular formula is C11H14N2O3S2. The van der Waals surface area contributed by atoms with E-state index in [9.17, 15) is 13.2 Å². The molecule has 1 aromatic carbocycles. The molecule has 0 fully saturated rings. The highest BCUT2D eigenvalue weighted by atomic mass is 32.2. The molecule has 1 rings (SSSR count). The zero-order chi connectivity index (χ0) is 13.8. The average molecular weight is 286 g/mol. The van der Waals surface area contributed by atoms with Crippen molar-refractivity contribution in [2.24, 2.45) is 5.73 Å². The van der Waals surface area contributed by atoms with E-state index in [1.807, 2.05) is 19.1 Å². The Labute approximate surface area is 111 Å². The second kappa shape index (κ2) is 5.92. The predicted octanol–water partition coefficient (Wildman–Crippen LogP) is 0.634. The molecule has 0 saturated heterocycles. The quantitative estimate of drug-likeness (QED) is 0.775. The summed E-state index contributed by atoms with van der Waals surface area (Å²) in [5.74, 6) is -1.68. The number of benzene rings is 1. The van der Waals surface area contributed by atoms with Crippen molar-refractivity contribution in [3.05, 3.63) is 29.8 Å². The van der Waals surface area contributed by atoms with Crippen LogP contribution in [0.25, 0.3) is 0 Å². The molecule has 0 saturated carbocycles. The van der Waals surface area contributed by atoms with Crippen LogP contribution in [-0.2, 0) is 14.6 Å². The largest absolute Gasteiger partial charge is 0.392 e. The minimum absolute atomic E-state index is 0.141. The SMILES string of the molecule is Cc1ccc(NC(=O)CS(=O)(=O)CC(N)=S)cc1. The zero-order valence-corrected chi connectivity index (χ0v) is 11.5. The number of carbonyl (C=O) groups is 1. The molecule has 5 nitrogen and oxygen atoms in total. The number of anilines is 1. The lowest BCUT2D eigenvalue weighted by molar-refractivity contribution is -0.113. The summed E-state index contributed by atoms with van der Waals surface area (Å²) < 4.78 is 22.9. The number of hydrogen-bond acceptors (Lipinski definition) is 4. The smallest absolute Gasteiger partial charge is 0.239 e. The number of nitrogens with one attached hydrogen (secondary N) is 1. The first-order valence-electron chi connectivity index (χ1n) is 5.14. The van der Waals surface area contributed by atoms with E-state index in [1.165, 1.54) is 0 Å². The fourth-order valence-corrected chi connectivity index (χ4v) is 2.85. The zero-order valence-electron chi connectivity index (χ0n) is 9.84. The lowest BCUT2D eigenvalue weighted by Gasteiger charge is -2.06. The number of nitrogens with two attached hydrogens (primary N) is 1. The van der Waals surface area contributed by atoms with E-state index in [0.717, 1.165) is 5.56 Å². The van der Waals surface area contributed by atoms with Crippen LogP contribution >= 0.6 is 12.2 Å². The monoisotopic (exact) mass is 286 g/mol. The highest BCUT2D eigenvalue weighted by molar-refractivity contribution is 7.94. The molecule has 0 aliphatic rings. The van der Waals surface area contributed by atoms with Gasteiger partial charge in [0.05, 0.1) is 4.99 Å². The second-order valence-electron chi connectivity index (χ2n) is 3.91. The topological polar surface area (TPSA) is 89.3 Å². The maximum atomic E-state index is 11.5. The van der Waals surface area contributed by atoms with Crippen LogP contribution < -0.4 is 11.1 Å². The maximum Gasteiger partial charge on any atom is 0.239 e. The minimum atomic E-state index is -3.59. The van der Waals surface area contributed by atoms with Crippen LogP contribution in [0.1, 0.15) is 5.56 Å². The van der Waals surface area contributed by atoms with Gasteiger partial charge in [0.25, 0.3) is 0 Å². The highest BCUT2D eigenvalue weighted by Gasteiger charge is 2.17. The van der Waals surface area contributed by atoms with Crippen LogP contribution in [0, 0.1) is 6.92 Å². The van der Waals surface area contributed by atoms with Gasteiger partial charge in [-0.2, -0.15) is 0 Å². The normalized spacial score (nSPS) is 10.9. The summed E-state index contributed by atoms with van der Waals surface area (Å²) in [6, 6.07) is 7.04. The number of thiocarbonyl (C=S) groups is 1. The number of aryl methyl sites for hydroxylation is 1. The summed E-state index contributed by atoms with van der Waals surface area (Å²) in [6.07, 6.45) is 0. The molecule has 0 unspecified atom stereocenters. The van der Waals surface area contributed by atoms with Gasteiger partial charge in [-0.1, -0.05) is 29.9 Å². The van der Waals surface area contributed by atoms with E-state index < -0.39 is 27.3 Å². The van der Waals surface area contributed by atoms with Gasteiger partial charge in [-0.3, -0.25) is 4.79 Å². The molecule has 18 heavy (non-hydrogen) atoms. The minimum Gasteiger partial charge on any atom is -0.392 e. The number of sulfone groups is 1. The number of carbonyl (C=O) groups excluding carboxylic acids is 1. The Kier molecular flexibility index (Phi) is 4.80. The van der Waals surface area contributed by atoms with Crippen molar-refractivity contribution >= 4 is 38.6 Å². The molecule has 3 N–H and O–H groups in total. The highest BCUT2D eigenvalue weighted by Crippen LogP contribution is 2.08. The molecule has 98 valence electrons. The fourth-order valence-electron chi connectivity index (χ4n) is 1.30. The van der Waals surface area contributed by atoms with Gasteiger partial charge in [0.1, 0.15) is 11.5 Å². The van der Waals surface area contributed by atoms with Gasteiger partial charge >= 0.3 is 0 Å². The summed E-state index contributed by atoms with van der Waals surface area (Å²) in [4.78, 5) is 11.4. The fraction of sp³-hybridized carbons (Fsp3) is 0.273. The number of hydrogen-bond donors (Lipinski definition) is 2. The summed E-state index contributed by atoms with van der Waals surface area (Å²) in [5.41, 5.74) is 6.75. The molecule has 0 aliphatic carbocycles. The first-order chi connectivity index (χ1) is 8.28. The van der Waals surface area contributed by atoms with Gasteiger partial charge in [-0.25, -0.2) is 8.42 Å². The van der Waals surface area contributed by atoms with Crippen LogP contribution in [0.3, 0.4) is 0 Å². The van der Waals surface area contributed by atoms with Gasteiger partial charge in [-0.15, -0.1) is 0 Å². The lowest BCUT2D eigenvalue weighted by Crippen LogP contribution is -2.29. The van der Waals surface area contributed by atoms with Crippen molar-refractivity contribution < 1.29 is 13.2 Å². The third kappa shape index (κ3) is 5.24. The molecule has 0 atom stereocenters. The van der Waals surface area contributed by atoms with E-state index in [1.54, 1.807) is 12.1 Å². The van der Waals surface area contributed by atoms with Crippen molar-refractivity contribution in [3.63, 3.8) is 0 Å². The number of rotatable bonds is 5. The summed E-state index contributed by atoms with van der Waals surface area (Å²) in [6.45, 7) is 1.91. The van der Waals surface area contributed by atoms with Gasteiger partial charge in [0.15, 0.2) is 9.84 Å². The molecule has 0 aliphatic heterocycles. The molecule has 0 aromatic heterocycles. The maximum absolute atomic E-state index is 11.5. The van der Waals surface area contributed by atoms with E-state index in [-0.39, 0.29) is 4.99 Å². The molecule has 0 bridgehead atoms. The van der Waals surface area contributed by atoms with Gasteiger partial charge in [-0.05, 0) is 19.1 Å². The van der Waals surface area contributed by atoms with Crippen LogP contribution in [-0.4, -0.2) is 30.8 Å². The first kappa shape index (κ1) is 14.6. The number of amides is 1. The second-order valence-corrected chi connectivity index (χ2v) is 6.50. The summed E-state index contributed by atoms with van der Waals surface area (Å²) in [5, 5.41) is 2.50. The molecule has 0 spiro atoms. The van der Waals surface area contributed by atoms with Crippen LogP contribution in [0.15, 0.2) is 24.3 Å². The van der Waals surface area contributed by atoms with Crippen LogP contribution in [0.5, 0.6) is 0 Å². The van der Waals surface area contributed by atoms with Crippen molar-refractivity contribution in [2.45, 2.75) is 6.92 Å². The average Bonchev–Trinajstić information content (AvgIpc) is 2.18. The molecule has 1 amide bonds. The lowest BCUT2D eigenvalue weighted by atomic mass is 10.2. The third-order valence-corrected chi connectivity index (χ3v) is 3.83. The Morgan fingerprint density at radius 1 is 1.28 bits per heavy atom. The standard InChI is InChI=1S/C11H14N2O3S2/c1-8-2-4-9(5-3-8)13-11(14)7-18(15,16)6-10(12)17/h2-5H,6-7H2,1H3,(H2,12,17)(H,13,14). The molecule has 1 aromatic rings. The summed E-state index contributed by atoms with van der Waals surface area (Å²) >= 11 is 4.51. The van der Waals surface area contributed by atoms with E-state index in [0.29, 0.717) is 5.69 Å². The van der Waals surface area contributed by atoms with Crippen LogP contribution in [0.2, 0.25) is 0 Å². The van der Waals surface area contributed by atoms with Crippen molar-refractivity contribution in [2.75, 3.05) is 16.8 Å². The van der Waals surface area contributed by atoms with Gasteiger partial charge in [0.2, 0.25) is 5.91 Å². The van der Waals surface area contributed by atoms with Crippen molar-refractivity contribution in [1.29, 1.82) is 0 Å². The van der Waals surface area contributed by atoms with E-state index in [2.05, 4.69) is 17.5 Å². The Balaban J connectivity index is 2.62. The van der Waals surface area contributed by atoms with E-state index in [4.69, 9.17) is 5.73 Å². The van der Waals surface area contributed by atoms with Crippen molar-refractivity contribution in [1.82, 2.24) is 0 Å². The Bertz CT molecular complexity index is 550. The summed E-state index contributed by atoms with van der Waals surface area (Å²) in [7, 11) is -3.59. The molecular weight excluding hydrogens is 272 g/mol. The molecule has 0 heterocycles. The Hall–Kier alpha value is -1.47.